The van der Waals surface area contributed by atoms with Crippen molar-refractivity contribution in [3.63, 3.8) is 0 Å². The first-order valence-electron chi connectivity index (χ1n) is 6.51. The second-order valence-electron chi connectivity index (χ2n) is 3.97. The molecule has 0 fully saturated rings. The van der Waals surface area contributed by atoms with Crippen LogP contribution in [0.4, 0.5) is 0 Å². The predicted octanol–water partition coefficient (Wildman–Crippen LogP) is 3.64. The molecule has 1 aromatic rings. The number of benzene rings is 1. The van der Waals surface area contributed by atoms with Crippen LogP contribution in [0.25, 0.3) is 0 Å². The van der Waals surface area contributed by atoms with Crippen LogP contribution in [0.15, 0.2) is 12.1 Å². The lowest BCUT2D eigenvalue weighted by molar-refractivity contribution is 0.277. The Balaban J connectivity index is 2.93. The Hall–Kier alpha value is -0.930. The highest BCUT2D eigenvalue weighted by Crippen LogP contribution is 2.36. The van der Waals surface area contributed by atoms with Crippen molar-refractivity contribution < 1.29 is 9.47 Å². The van der Waals surface area contributed by atoms with Gasteiger partial charge in [-0.2, -0.15) is 0 Å². The number of rotatable bonds is 8. The van der Waals surface area contributed by atoms with Gasteiger partial charge in [0.15, 0.2) is 11.5 Å². The monoisotopic (exact) mass is 271 g/mol. The maximum atomic E-state index is 6.25. The van der Waals surface area contributed by atoms with E-state index in [2.05, 4.69) is 19.2 Å². The van der Waals surface area contributed by atoms with Gasteiger partial charge in [-0.3, -0.25) is 0 Å². The van der Waals surface area contributed by atoms with Crippen molar-refractivity contribution in [1.29, 1.82) is 0 Å². The Morgan fingerprint density at radius 2 is 1.94 bits per heavy atom. The van der Waals surface area contributed by atoms with Crippen LogP contribution in [0.1, 0.15) is 32.8 Å². The fraction of sp³-hybridized carbons (Fsp3) is 0.571. The fourth-order valence-electron chi connectivity index (χ4n) is 1.60. The third-order valence-electron chi connectivity index (χ3n) is 2.40. The maximum Gasteiger partial charge on any atom is 0.179 e. The summed E-state index contributed by atoms with van der Waals surface area (Å²) < 4.78 is 11.3. The van der Waals surface area contributed by atoms with Crippen LogP contribution >= 0.6 is 11.6 Å². The number of halogens is 1. The molecule has 0 aromatic heterocycles. The lowest BCUT2D eigenvalue weighted by Crippen LogP contribution is -2.12. The zero-order valence-electron chi connectivity index (χ0n) is 11.4. The van der Waals surface area contributed by atoms with Gasteiger partial charge < -0.3 is 14.8 Å². The van der Waals surface area contributed by atoms with Gasteiger partial charge in [-0.15, -0.1) is 0 Å². The quantitative estimate of drug-likeness (QED) is 0.783. The van der Waals surface area contributed by atoms with Gasteiger partial charge in [-0.25, -0.2) is 0 Å². The zero-order valence-corrected chi connectivity index (χ0v) is 12.1. The largest absolute Gasteiger partial charge is 0.490 e. The van der Waals surface area contributed by atoms with Crippen molar-refractivity contribution in [2.45, 2.75) is 33.7 Å². The molecule has 1 N–H and O–H groups in total. The summed E-state index contributed by atoms with van der Waals surface area (Å²) in [6, 6.07) is 3.92. The van der Waals surface area contributed by atoms with Crippen LogP contribution in [0.2, 0.25) is 5.02 Å². The molecule has 0 saturated carbocycles. The molecule has 0 spiro atoms. The van der Waals surface area contributed by atoms with Crippen molar-refractivity contribution in [3.05, 3.63) is 22.7 Å². The summed E-state index contributed by atoms with van der Waals surface area (Å²) in [6.45, 7) is 9.04. The molecule has 1 rings (SSSR count). The maximum absolute atomic E-state index is 6.25. The van der Waals surface area contributed by atoms with Crippen molar-refractivity contribution in [2.24, 2.45) is 0 Å². The third kappa shape index (κ3) is 4.39. The average molecular weight is 272 g/mol. The average Bonchev–Trinajstić information content (AvgIpc) is 2.36. The van der Waals surface area contributed by atoms with E-state index < -0.39 is 0 Å². The van der Waals surface area contributed by atoms with E-state index in [1.165, 1.54) is 0 Å². The molecule has 3 nitrogen and oxygen atoms in total. The Morgan fingerprint density at radius 1 is 1.17 bits per heavy atom. The summed E-state index contributed by atoms with van der Waals surface area (Å²) >= 11 is 6.25. The Labute approximate surface area is 114 Å². The van der Waals surface area contributed by atoms with Crippen LogP contribution in [-0.4, -0.2) is 19.8 Å². The summed E-state index contributed by atoms with van der Waals surface area (Å²) in [4.78, 5) is 0. The molecule has 0 unspecified atom stereocenters. The first-order valence-corrected chi connectivity index (χ1v) is 6.89. The van der Waals surface area contributed by atoms with E-state index in [1.54, 1.807) is 0 Å². The second kappa shape index (κ2) is 8.22. The highest BCUT2D eigenvalue weighted by Gasteiger charge is 2.12. The van der Waals surface area contributed by atoms with Gasteiger partial charge in [0, 0.05) is 6.54 Å². The van der Waals surface area contributed by atoms with Crippen LogP contribution in [-0.2, 0) is 6.54 Å². The van der Waals surface area contributed by atoms with E-state index in [0.29, 0.717) is 24.0 Å². The molecule has 18 heavy (non-hydrogen) atoms. The summed E-state index contributed by atoms with van der Waals surface area (Å²) in [6.07, 6.45) is 0.945. The molecule has 0 radical (unpaired) electrons. The normalized spacial score (nSPS) is 10.4. The van der Waals surface area contributed by atoms with Gasteiger partial charge in [0.2, 0.25) is 0 Å². The summed E-state index contributed by atoms with van der Waals surface area (Å²) in [5.41, 5.74) is 1.11. The van der Waals surface area contributed by atoms with E-state index in [4.69, 9.17) is 21.1 Å². The molecular formula is C14H22ClNO2. The van der Waals surface area contributed by atoms with Crippen molar-refractivity contribution >= 4 is 11.6 Å². The zero-order chi connectivity index (χ0) is 13.4. The molecule has 0 aliphatic heterocycles. The number of ether oxygens (including phenoxy) is 2. The highest BCUT2D eigenvalue weighted by molar-refractivity contribution is 6.32. The molecule has 0 amide bonds. The molecule has 102 valence electrons. The first-order chi connectivity index (χ1) is 8.72. The molecule has 0 saturated heterocycles. The predicted molar refractivity (Wildman–Crippen MR) is 75.8 cm³/mol. The Morgan fingerprint density at radius 3 is 2.56 bits per heavy atom. The van der Waals surface area contributed by atoms with Gasteiger partial charge in [-0.1, -0.05) is 25.4 Å². The van der Waals surface area contributed by atoms with Gasteiger partial charge in [0.05, 0.1) is 18.2 Å². The van der Waals surface area contributed by atoms with E-state index in [1.807, 2.05) is 19.1 Å². The topological polar surface area (TPSA) is 30.5 Å². The molecule has 0 atom stereocenters. The van der Waals surface area contributed by atoms with E-state index in [9.17, 15) is 0 Å². The lowest BCUT2D eigenvalue weighted by Gasteiger charge is -2.15. The molecule has 0 heterocycles. The smallest absolute Gasteiger partial charge is 0.179 e. The number of nitrogens with one attached hydrogen (secondary N) is 1. The van der Waals surface area contributed by atoms with Gasteiger partial charge in [0.1, 0.15) is 0 Å². The molecule has 1 aromatic carbocycles. The fourth-order valence-corrected chi connectivity index (χ4v) is 1.89. The van der Waals surface area contributed by atoms with E-state index in [0.717, 1.165) is 30.8 Å². The van der Waals surface area contributed by atoms with E-state index >= 15 is 0 Å². The van der Waals surface area contributed by atoms with Crippen LogP contribution in [0.3, 0.4) is 0 Å². The molecule has 0 aliphatic carbocycles. The summed E-state index contributed by atoms with van der Waals surface area (Å²) in [5, 5.41) is 3.88. The SMILES string of the molecule is CCCOc1c(Cl)cc(CNCC)cc1OCC. The van der Waals surface area contributed by atoms with Gasteiger partial charge in [0.25, 0.3) is 0 Å². The minimum atomic E-state index is 0.601. The van der Waals surface area contributed by atoms with Crippen molar-refractivity contribution in [2.75, 3.05) is 19.8 Å². The van der Waals surface area contributed by atoms with Gasteiger partial charge >= 0.3 is 0 Å². The van der Waals surface area contributed by atoms with Crippen molar-refractivity contribution in [1.82, 2.24) is 5.32 Å². The Bertz CT molecular complexity index is 369. The standard InChI is InChI=1S/C14H22ClNO2/c1-4-7-18-14-12(15)8-11(10-16-5-2)9-13(14)17-6-3/h8-9,16H,4-7,10H2,1-3H3. The minimum absolute atomic E-state index is 0.601. The lowest BCUT2D eigenvalue weighted by atomic mass is 10.2. The minimum Gasteiger partial charge on any atom is -0.490 e. The van der Waals surface area contributed by atoms with Crippen molar-refractivity contribution in [3.8, 4) is 11.5 Å². The Kier molecular flexibility index (Phi) is 6.91. The van der Waals surface area contributed by atoms with Crippen LogP contribution in [0.5, 0.6) is 11.5 Å². The molecule has 4 heteroatoms. The van der Waals surface area contributed by atoms with Crippen LogP contribution < -0.4 is 14.8 Å². The van der Waals surface area contributed by atoms with E-state index in [-0.39, 0.29) is 0 Å². The van der Waals surface area contributed by atoms with Gasteiger partial charge in [-0.05, 0) is 37.6 Å². The first kappa shape index (κ1) is 15.1. The number of hydrogen-bond donors (Lipinski definition) is 1. The highest BCUT2D eigenvalue weighted by atomic mass is 35.5. The van der Waals surface area contributed by atoms with Crippen LogP contribution in [0, 0.1) is 0 Å². The second-order valence-corrected chi connectivity index (χ2v) is 4.37. The summed E-state index contributed by atoms with van der Waals surface area (Å²) in [7, 11) is 0. The summed E-state index contributed by atoms with van der Waals surface area (Å²) in [5.74, 6) is 1.38. The third-order valence-corrected chi connectivity index (χ3v) is 2.68. The molecule has 0 bridgehead atoms. The molecular weight excluding hydrogens is 250 g/mol. The number of hydrogen-bond acceptors (Lipinski definition) is 3. The molecule has 0 aliphatic rings.